The quantitative estimate of drug-likeness (QED) is 0.199. The van der Waals surface area contributed by atoms with Crippen molar-refractivity contribution >= 4 is 34.7 Å². The number of nitrogens with zero attached hydrogens (tertiary/aromatic N) is 2. The molecule has 0 atom stereocenters. The molecule has 0 aliphatic carbocycles. The summed E-state index contributed by atoms with van der Waals surface area (Å²) in [5.41, 5.74) is 6.60. The van der Waals surface area contributed by atoms with Gasteiger partial charge in [-0.3, -0.25) is 15.1 Å². The summed E-state index contributed by atoms with van der Waals surface area (Å²) in [6, 6.07) is 22.7. The van der Waals surface area contributed by atoms with Crippen LogP contribution < -0.4 is 10.3 Å². The van der Waals surface area contributed by atoms with Crippen LogP contribution >= 0.6 is 0 Å². The molecular formula is C30H24FN3O4. The second kappa shape index (κ2) is 10.2. The molecule has 4 aromatic carbocycles. The van der Waals surface area contributed by atoms with Crippen LogP contribution in [0.15, 0.2) is 90.0 Å². The molecule has 7 nitrogen and oxygen atoms in total. The minimum absolute atomic E-state index is 0.0651. The molecule has 0 bridgehead atoms. The maximum atomic E-state index is 14.2. The van der Waals surface area contributed by atoms with Gasteiger partial charge in [0.2, 0.25) is 0 Å². The molecule has 0 aromatic heterocycles. The lowest BCUT2D eigenvalue weighted by atomic mass is 10.0. The molecule has 38 heavy (non-hydrogen) atoms. The van der Waals surface area contributed by atoms with E-state index in [0.717, 1.165) is 18.4 Å². The molecular weight excluding hydrogens is 485 g/mol. The summed E-state index contributed by atoms with van der Waals surface area (Å²) in [6.45, 7) is 2.09. The molecule has 3 N–H and O–H groups in total. The van der Waals surface area contributed by atoms with Crippen LogP contribution in [0.1, 0.15) is 34.8 Å². The number of amides is 1. The Morgan fingerprint density at radius 1 is 0.974 bits per heavy atom. The fraction of sp³-hybridized carbons (Fsp3) is 0.100. The van der Waals surface area contributed by atoms with Gasteiger partial charge in [0, 0.05) is 16.8 Å². The first-order valence-electron chi connectivity index (χ1n) is 12.1. The number of phenolic OH excluding ortho intramolecular Hbond substituents is 1. The first-order chi connectivity index (χ1) is 18.4. The second-order valence-corrected chi connectivity index (χ2v) is 8.88. The Morgan fingerprint density at radius 3 is 2.47 bits per heavy atom. The molecule has 0 saturated heterocycles. The zero-order chi connectivity index (χ0) is 26.8. The van der Waals surface area contributed by atoms with Crippen LogP contribution in [0.3, 0.4) is 0 Å². The van der Waals surface area contributed by atoms with E-state index in [-0.39, 0.29) is 22.7 Å². The highest BCUT2D eigenvalue weighted by Gasteiger charge is 2.35. The van der Waals surface area contributed by atoms with E-state index in [1.807, 2.05) is 24.3 Å². The molecule has 0 fully saturated rings. The zero-order valence-corrected chi connectivity index (χ0v) is 20.5. The number of rotatable bonds is 7. The van der Waals surface area contributed by atoms with E-state index in [4.69, 9.17) is 0 Å². The molecule has 1 aliphatic heterocycles. The number of hydrogen-bond acceptors (Lipinski definition) is 5. The van der Waals surface area contributed by atoms with Crippen LogP contribution in [-0.2, 0) is 11.2 Å². The number of hydrazone groups is 1. The molecule has 0 saturated carbocycles. The van der Waals surface area contributed by atoms with E-state index in [1.54, 1.807) is 30.3 Å². The normalized spacial score (nSPS) is 13.6. The van der Waals surface area contributed by atoms with Crippen LogP contribution in [0.25, 0.3) is 11.1 Å². The highest BCUT2D eigenvalue weighted by molar-refractivity contribution is 6.55. The molecule has 190 valence electrons. The molecule has 1 amide bonds. The number of aryl methyl sites for hydroxylation is 1. The lowest BCUT2D eigenvalue weighted by Gasteiger charge is -2.17. The number of anilines is 3. The van der Waals surface area contributed by atoms with Gasteiger partial charge in [0.25, 0.3) is 5.91 Å². The summed E-state index contributed by atoms with van der Waals surface area (Å²) in [7, 11) is 0. The largest absolute Gasteiger partial charge is 0.505 e. The third-order valence-electron chi connectivity index (χ3n) is 6.34. The molecule has 0 unspecified atom stereocenters. The number of nitrogens with one attached hydrogen (secondary N) is 1. The van der Waals surface area contributed by atoms with Crippen LogP contribution in [0.2, 0.25) is 0 Å². The van der Waals surface area contributed by atoms with Crippen LogP contribution in [0.5, 0.6) is 5.75 Å². The van der Waals surface area contributed by atoms with Crippen molar-refractivity contribution in [2.24, 2.45) is 5.10 Å². The second-order valence-electron chi connectivity index (χ2n) is 8.88. The van der Waals surface area contributed by atoms with Gasteiger partial charge in [0.05, 0.1) is 16.9 Å². The van der Waals surface area contributed by atoms with Crippen molar-refractivity contribution in [3.8, 4) is 16.9 Å². The maximum Gasteiger partial charge on any atom is 0.335 e. The molecule has 0 spiro atoms. The van der Waals surface area contributed by atoms with Crippen molar-refractivity contribution in [2.75, 3.05) is 10.3 Å². The first-order valence-corrected chi connectivity index (χ1v) is 12.1. The Bertz CT molecular complexity index is 1580. The highest BCUT2D eigenvalue weighted by atomic mass is 19.1. The van der Waals surface area contributed by atoms with Gasteiger partial charge in [0.1, 0.15) is 11.6 Å². The minimum atomic E-state index is -1.08. The van der Waals surface area contributed by atoms with Gasteiger partial charge in [-0.2, -0.15) is 5.10 Å². The van der Waals surface area contributed by atoms with E-state index in [1.165, 1.54) is 35.2 Å². The van der Waals surface area contributed by atoms with Crippen molar-refractivity contribution in [1.82, 2.24) is 0 Å². The van der Waals surface area contributed by atoms with Gasteiger partial charge < -0.3 is 10.2 Å². The SMILES string of the molecule is CCCc1ccc(N2C(=O)/C(=N\Nc3cccc(-c4cccc(C(=O)O)c4)c3O)c3ccc(F)cc32)cc1. The maximum absolute atomic E-state index is 14.2. The molecule has 0 radical (unpaired) electrons. The van der Waals surface area contributed by atoms with E-state index >= 15 is 0 Å². The fourth-order valence-corrected chi connectivity index (χ4v) is 4.49. The number of halogens is 1. The van der Waals surface area contributed by atoms with Gasteiger partial charge in [-0.05, 0) is 66.1 Å². The fourth-order valence-electron chi connectivity index (χ4n) is 4.49. The topological polar surface area (TPSA) is 102 Å². The van der Waals surface area contributed by atoms with Crippen LogP contribution in [-0.4, -0.2) is 27.8 Å². The lowest BCUT2D eigenvalue weighted by molar-refractivity contribution is -0.111. The van der Waals surface area contributed by atoms with Crippen LogP contribution in [0, 0.1) is 5.82 Å². The van der Waals surface area contributed by atoms with Gasteiger partial charge in [0.15, 0.2) is 5.71 Å². The number of carbonyl (C=O) groups is 2. The Kier molecular flexibility index (Phi) is 6.62. The van der Waals surface area contributed by atoms with Crippen molar-refractivity contribution in [3.05, 3.63) is 107 Å². The molecule has 1 aliphatic rings. The van der Waals surface area contributed by atoms with Crippen molar-refractivity contribution in [1.29, 1.82) is 0 Å². The monoisotopic (exact) mass is 509 g/mol. The average Bonchev–Trinajstić information content (AvgIpc) is 3.19. The minimum Gasteiger partial charge on any atom is -0.505 e. The Morgan fingerprint density at radius 2 is 1.74 bits per heavy atom. The third-order valence-corrected chi connectivity index (χ3v) is 6.34. The number of benzene rings is 4. The number of carboxylic acid groups (broad SMARTS) is 1. The van der Waals surface area contributed by atoms with Crippen LogP contribution in [0.4, 0.5) is 21.5 Å². The van der Waals surface area contributed by atoms with Gasteiger partial charge in [-0.25, -0.2) is 9.18 Å². The smallest absolute Gasteiger partial charge is 0.335 e. The number of para-hydroxylation sites is 1. The molecule has 5 rings (SSSR count). The predicted molar refractivity (Wildman–Crippen MR) is 145 cm³/mol. The average molecular weight is 510 g/mol. The Balaban J connectivity index is 1.49. The molecule has 1 heterocycles. The highest BCUT2D eigenvalue weighted by Crippen LogP contribution is 2.38. The number of hydrogen-bond donors (Lipinski definition) is 3. The van der Waals surface area contributed by atoms with E-state index in [0.29, 0.717) is 28.1 Å². The number of phenols is 1. The summed E-state index contributed by atoms with van der Waals surface area (Å²) < 4.78 is 14.2. The van der Waals surface area contributed by atoms with E-state index < -0.39 is 17.7 Å². The predicted octanol–water partition coefficient (Wildman–Crippen LogP) is 6.34. The number of fused-ring (bicyclic) bond motifs is 1. The van der Waals surface area contributed by atoms with E-state index in [9.17, 15) is 24.2 Å². The van der Waals surface area contributed by atoms with Crippen molar-refractivity contribution in [2.45, 2.75) is 19.8 Å². The molecule has 8 heteroatoms. The van der Waals surface area contributed by atoms with Gasteiger partial charge in [-0.1, -0.05) is 49.7 Å². The number of aromatic hydroxyl groups is 1. The van der Waals surface area contributed by atoms with Crippen molar-refractivity contribution in [3.63, 3.8) is 0 Å². The summed E-state index contributed by atoms with van der Waals surface area (Å²) >= 11 is 0. The summed E-state index contributed by atoms with van der Waals surface area (Å²) in [4.78, 5) is 26.3. The molecule has 4 aromatic rings. The summed E-state index contributed by atoms with van der Waals surface area (Å²) in [6.07, 6.45) is 1.91. The third kappa shape index (κ3) is 4.59. The first kappa shape index (κ1) is 24.7. The van der Waals surface area contributed by atoms with Gasteiger partial charge in [-0.15, -0.1) is 0 Å². The zero-order valence-electron chi connectivity index (χ0n) is 20.5. The lowest BCUT2D eigenvalue weighted by Crippen LogP contribution is -2.26. The Hall–Kier alpha value is -4.98. The standard InChI is InChI=1S/C30H24FN3O4/c1-2-5-18-10-13-22(14-11-18)34-26-17-21(31)12-15-24(26)27(29(34)36)33-32-25-9-4-8-23(28(25)35)19-6-3-7-20(16-19)30(37)38/h3-4,6-17,32,35H,2,5H2,1H3,(H,37,38)/b33-27-. The van der Waals surface area contributed by atoms with Crippen molar-refractivity contribution < 1.29 is 24.2 Å². The van der Waals surface area contributed by atoms with Gasteiger partial charge >= 0.3 is 5.97 Å². The number of aromatic carboxylic acids is 1. The number of carbonyl (C=O) groups excluding carboxylic acids is 1. The number of carboxylic acids is 1. The summed E-state index contributed by atoms with van der Waals surface area (Å²) in [5.74, 6) is -2.16. The summed E-state index contributed by atoms with van der Waals surface area (Å²) in [5, 5.41) is 24.5. The Labute approximate surface area is 218 Å². The van der Waals surface area contributed by atoms with E-state index in [2.05, 4.69) is 17.5 Å².